The second kappa shape index (κ2) is 15.2. The average Bonchev–Trinajstić information content (AvgIpc) is 3.51. The Morgan fingerprint density at radius 2 is 0.878 bits per heavy atom. The second-order valence-electron chi connectivity index (χ2n) is 12.1. The molecule has 49 heavy (non-hydrogen) atoms. The molecule has 0 amide bonds. The first-order valence-corrected chi connectivity index (χ1v) is 16.2. The van der Waals surface area contributed by atoms with Gasteiger partial charge in [0.2, 0.25) is 0 Å². The van der Waals surface area contributed by atoms with Crippen LogP contribution in [0.3, 0.4) is 0 Å². The van der Waals surface area contributed by atoms with Gasteiger partial charge < -0.3 is 14.2 Å². The van der Waals surface area contributed by atoms with Gasteiger partial charge in [0, 0.05) is 48.3 Å². The van der Waals surface area contributed by atoms with E-state index in [0.717, 1.165) is 11.1 Å². The highest BCUT2D eigenvalue weighted by atomic mass is 16.5. The maximum atomic E-state index is 13.2. The lowest BCUT2D eigenvalue weighted by molar-refractivity contribution is -0.121. The first kappa shape index (κ1) is 33.5. The molecule has 0 spiro atoms. The summed E-state index contributed by atoms with van der Waals surface area (Å²) in [6.45, 7) is 1.44. The maximum absolute atomic E-state index is 13.2. The lowest BCUT2D eigenvalue weighted by atomic mass is 9.95. The second-order valence-corrected chi connectivity index (χ2v) is 12.1. The molecular formula is C40H34O9. The summed E-state index contributed by atoms with van der Waals surface area (Å²) in [4.78, 5) is 78.2. The Morgan fingerprint density at radius 3 is 1.29 bits per heavy atom. The molecule has 248 valence electrons. The van der Waals surface area contributed by atoms with Crippen LogP contribution in [0.2, 0.25) is 0 Å². The standard InChI is InChI=1S/C40H34O9/c41-33(13-7-19-47-23-25-9-3-1-4-10-25)35-37(43)29-17-15-27(21-31(29)39(35)45)49-28-16-18-30-32(22-28)40(46)36(38(30)44)34(42)14-8-20-48-24-26-11-5-2-6-12-26/h1-6,9-12,15-18,21-22,35-36H,7-8,13-14,19-20,23-24H2. The van der Waals surface area contributed by atoms with Gasteiger partial charge in [0.25, 0.3) is 0 Å². The van der Waals surface area contributed by atoms with Gasteiger partial charge in [0.15, 0.2) is 34.7 Å². The van der Waals surface area contributed by atoms with Crippen molar-refractivity contribution in [1.82, 2.24) is 0 Å². The summed E-state index contributed by atoms with van der Waals surface area (Å²) in [7, 11) is 0. The third-order valence-electron chi connectivity index (χ3n) is 8.62. The summed E-state index contributed by atoms with van der Waals surface area (Å²) in [5, 5.41) is 0. The Morgan fingerprint density at radius 1 is 0.490 bits per heavy atom. The number of benzene rings is 4. The van der Waals surface area contributed by atoms with Crippen LogP contribution in [-0.4, -0.2) is 47.9 Å². The molecule has 0 radical (unpaired) electrons. The number of carbonyl (C=O) groups is 6. The number of fused-ring (bicyclic) bond motifs is 2. The molecule has 0 aromatic heterocycles. The van der Waals surface area contributed by atoms with Crippen molar-refractivity contribution in [3.8, 4) is 11.5 Å². The normalized spacial score (nSPS) is 16.5. The van der Waals surface area contributed by atoms with E-state index in [1.165, 1.54) is 36.4 Å². The average molecular weight is 659 g/mol. The molecule has 0 fully saturated rings. The van der Waals surface area contributed by atoms with E-state index in [9.17, 15) is 28.8 Å². The summed E-state index contributed by atoms with van der Waals surface area (Å²) in [6.07, 6.45) is 0.814. The topological polar surface area (TPSA) is 130 Å². The molecule has 0 saturated heterocycles. The minimum absolute atomic E-state index is 0.0295. The summed E-state index contributed by atoms with van der Waals surface area (Å²) >= 11 is 0. The molecule has 0 saturated carbocycles. The zero-order valence-electron chi connectivity index (χ0n) is 26.7. The predicted molar refractivity (Wildman–Crippen MR) is 178 cm³/mol. The molecule has 0 bridgehead atoms. The molecule has 2 atom stereocenters. The van der Waals surface area contributed by atoms with E-state index in [1.807, 2.05) is 60.7 Å². The van der Waals surface area contributed by atoms with Crippen molar-refractivity contribution < 1.29 is 43.0 Å². The number of hydrogen-bond donors (Lipinski definition) is 0. The number of rotatable bonds is 16. The molecule has 6 rings (SSSR count). The summed E-state index contributed by atoms with van der Waals surface area (Å²) < 4.78 is 17.1. The van der Waals surface area contributed by atoms with Crippen molar-refractivity contribution in [2.24, 2.45) is 11.8 Å². The SMILES string of the molecule is O=C(CCCOCc1ccccc1)C1C(=O)c2ccc(Oc3ccc4c(c3)C(=O)C(C(=O)CCCOCc3ccccc3)C4=O)cc2C1=O. The van der Waals surface area contributed by atoms with Crippen molar-refractivity contribution in [3.63, 3.8) is 0 Å². The monoisotopic (exact) mass is 658 g/mol. The lowest BCUT2D eigenvalue weighted by Crippen LogP contribution is -2.25. The Bertz CT molecular complexity index is 1770. The Balaban J connectivity index is 1.02. The summed E-state index contributed by atoms with van der Waals surface area (Å²) in [5.74, 6) is -5.52. The fraction of sp³-hybridized carbons (Fsp3) is 0.250. The summed E-state index contributed by atoms with van der Waals surface area (Å²) in [5.41, 5.74) is 2.50. The van der Waals surface area contributed by atoms with E-state index in [4.69, 9.17) is 14.2 Å². The van der Waals surface area contributed by atoms with Crippen LogP contribution in [0.25, 0.3) is 0 Å². The predicted octanol–water partition coefficient (Wildman–Crippen LogP) is 6.60. The van der Waals surface area contributed by atoms with E-state index in [2.05, 4.69) is 0 Å². The number of ketones is 6. The van der Waals surface area contributed by atoms with Crippen molar-refractivity contribution in [3.05, 3.63) is 130 Å². The molecule has 0 N–H and O–H groups in total. The zero-order chi connectivity index (χ0) is 34.3. The Labute approximate surface area is 283 Å². The van der Waals surface area contributed by atoms with Crippen LogP contribution >= 0.6 is 0 Å². The van der Waals surface area contributed by atoms with Gasteiger partial charge in [-0.15, -0.1) is 0 Å². The van der Waals surface area contributed by atoms with E-state index in [-0.39, 0.29) is 46.6 Å². The molecule has 9 nitrogen and oxygen atoms in total. The molecule has 9 heteroatoms. The Kier molecular flexibility index (Phi) is 10.4. The fourth-order valence-electron chi connectivity index (χ4n) is 6.11. The van der Waals surface area contributed by atoms with Crippen LogP contribution < -0.4 is 4.74 Å². The first-order chi connectivity index (χ1) is 23.8. The minimum Gasteiger partial charge on any atom is -0.457 e. The van der Waals surface area contributed by atoms with Gasteiger partial charge in [-0.3, -0.25) is 28.8 Å². The van der Waals surface area contributed by atoms with Gasteiger partial charge in [-0.05, 0) is 60.4 Å². The number of hydrogen-bond acceptors (Lipinski definition) is 9. The van der Waals surface area contributed by atoms with Crippen LogP contribution in [0.1, 0.15) is 78.2 Å². The van der Waals surface area contributed by atoms with Crippen molar-refractivity contribution >= 4 is 34.7 Å². The maximum Gasteiger partial charge on any atom is 0.182 e. The smallest absolute Gasteiger partial charge is 0.182 e. The van der Waals surface area contributed by atoms with E-state index >= 15 is 0 Å². The van der Waals surface area contributed by atoms with E-state index in [0.29, 0.717) is 39.3 Å². The Hall–Kier alpha value is -5.38. The quantitative estimate of drug-likeness (QED) is 0.0965. The molecule has 4 aromatic carbocycles. The van der Waals surface area contributed by atoms with E-state index in [1.54, 1.807) is 0 Å². The summed E-state index contributed by atoms with van der Waals surface area (Å²) in [6, 6.07) is 27.9. The minimum atomic E-state index is -1.40. The van der Waals surface area contributed by atoms with Gasteiger partial charge in [0.1, 0.15) is 23.3 Å². The van der Waals surface area contributed by atoms with Crippen LogP contribution in [0.15, 0.2) is 97.1 Å². The third-order valence-corrected chi connectivity index (χ3v) is 8.62. The van der Waals surface area contributed by atoms with Gasteiger partial charge in [-0.25, -0.2) is 0 Å². The molecule has 0 heterocycles. The fourth-order valence-corrected chi connectivity index (χ4v) is 6.11. The highest BCUT2D eigenvalue weighted by Crippen LogP contribution is 2.35. The molecule has 2 aliphatic rings. The van der Waals surface area contributed by atoms with Gasteiger partial charge >= 0.3 is 0 Å². The van der Waals surface area contributed by atoms with Crippen LogP contribution in [0, 0.1) is 11.8 Å². The molecule has 0 aliphatic heterocycles. The van der Waals surface area contributed by atoms with Crippen LogP contribution in [0.4, 0.5) is 0 Å². The highest BCUT2D eigenvalue weighted by molar-refractivity contribution is 6.36. The molecule has 4 aromatic rings. The van der Waals surface area contributed by atoms with Crippen LogP contribution in [-0.2, 0) is 32.3 Å². The van der Waals surface area contributed by atoms with Gasteiger partial charge in [-0.1, -0.05) is 60.7 Å². The number of ether oxygens (including phenoxy) is 3. The zero-order valence-corrected chi connectivity index (χ0v) is 26.7. The molecule has 2 aliphatic carbocycles. The number of carbonyl (C=O) groups excluding carboxylic acids is 6. The third kappa shape index (κ3) is 7.53. The highest BCUT2D eigenvalue weighted by Gasteiger charge is 2.44. The molecule has 2 unspecified atom stereocenters. The largest absolute Gasteiger partial charge is 0.457 e. The van der Waals surface area contributed by atoms with E-state index < -0.39 is 46.5 Å². The van der Waals surface area contributed by atoms with Gasteiger partial charge in [0.05, 0.1) is 13.2 Å². The number of Topliss-reactive ketones (excluding diaryl/α,β-unsaturated/α-hetero) is 6. The van der Waals surface area contributed by atoms with Crippen molar-refractivity contribution in [2.45, 2.75) is 38.9 Å². The molecular weight excluding hydrogens is 624 g/mol. The first-order valence-electron chi connectivity index (χ1n) is 16.2. The lowest BCUT2D eigenvalue weighted by Gasteiger charge is -2.08. The van der Waals surface area contributed by atoms with Crippen molar-refractivity contribution in [1.29, 1.82) is 0 Å². The van der Waals surface area contributed by atoms with Crippen molar-refractivity contribution in [2.75, 3.05) is 13.2 Å². The van der Waals surface area contributed by atoms with Crippen LogP contribution in [0.5, 0.6) is 11.5 Å². The van der Waals surface area contributed by atoms with Gasteiger partial charge in [-0.2, -0.15) is 0 Å².